The molecule has 0 radical (unpaired) electrons. The summed E-state index contributed by atoms with van der Waals surface area (Å²) in [5, 5.41) is 18.2. The zero-order chi connectivity index (χ0) is 14.5. The molecule has 0 fully saturated rings. The summed E-state index contributed by atoms with van der Waals surface area (Å²) in [5.74, 6) is -0.414. The van der Waals surface area contributed by atoms with Crippen LogP contribution in [0.1, 0.15) is 16.7 Å². The van der Waals surface area contributed by atoms with E-state index in [1.807, 2.05) is 24.1 Å². The first kappa shape index (κ1) is 14.0. The van der Waals surface area contributed by atoms with Gasteiger partial charge in [0.25, 0.3) is 0 Å². The van der Waals surface area contributed by atoms with Crippen LogP contribution in [0.2, 0.25) is 0 Å². The van der Waals surface area contributed by atoms with Crippen molar-refractivity contribution in [3.63, 3.8) is 0 Å². The van der Waals surface area contributed by atoms with Crippen LogP contribution >= 0.6 is 0 Å². The van der Waals surface area contributed by atoms with E-state index in [2.05, 4.69) is 6.07 Å². The van der Waals surface area contributed by atoms with Gasteiger partial charge in [0.15, 0.2) is 0 Å². The van der Waals surface area contributed by atoms with Crippen molar-refractivity contribution in [2.24, 2.45) is 0 Å². The third-order valence-electron chi connectivity index (χ3n) is 3.14. The highest BCUT2D eigenvalue weighted by Crippen LogP contribution is 2.23. The quantitative estimate of drug-likeness (QED) is 0.929. The Morgan fingerprint density at radius 2 is 2.00 bits per heavy atom. The summed E-state index contributed by atoms with van der Waals surface area (Å²) in [6, 6.07) is 14.1. The molecule has 2 rings (SSSR count). The van der Waals surface area contributed by atoms with Crippen molar-refractivity contribution in [2.75, 3.05) is 11.9 Å². The predicted octanol–water partition coefficient (Wildman–Crippen LogP) is 2.83. The molecule has 2 aromatic carbocycles. The smallest absolute Gasteiger partial charge is 0.130 e. The SMILES string of the molecule is CN(Cc1cccc(C#N)c1)c1cccc(F)c1CO. The van der Waals surface area contributed by atoms with Gasteiger partial charge in [-0.05, 0) is 29.8 Å². The third-order valence-corrected chi connectivity index (χ3v) is 3.14. The molecule has 0 atom stereocenters. The van der Waals surface area contributed by atoms with E-state index in [4.69, 9.17) is 5.26 Å². The maximum absolute atomic E-state index is 13.6. The Hall–Kier alpha value is -2.38. The van der Waals surface area contributed by atoms with Crippen LogP contribution in [0.15, 0.2) is 42.5 Å². The van der Waals surface area contributed by atoms with Gasteiger partial charge in [-0.3, -0.25) is 0 Å². The van der Waals surface area contributed by atoms with Crippen LogP contribution < -0.4 is 4.90 Å². The second kappa shape index (κ2) is 6.18. The molecule has 0 aliphatic rings. The molecule has 1 N–H and O–H groups in total. The lowest BCUT2D eigenvalue weighted by atomic mass is 10.1. The highest BCUT2D eigenvalue weighted by atomic mass is 19.1. The summed E-state index contributed by atoms with van der Waals surface area (Å²) in [6.45, 7) is 0.191. The Balaban J connectivity index is 2.26. The number of aliphatic hydroxyl groups excluding tert-OH is 1. The third kappa shape index (κ3) is 2.95. The lowest BCUT2D eigenvalue weighted by Gasteiger charge is -2.22. The summed E-state index contributed by atoms with van der Waals surface area (Å²) >= 11 is 0. The van der Waals surface area contributed by atoms with E-state index < -0.39 is 5.82 Å². The Labute approximate surface area is 117 Å². The average molecular weight is 270 g/mol. The second-order valence-corrected chi connectivity index (χ2v) is 4.56. The van der Waals surface area contributed by atoms with Crippen molar-refractivity contribution in [1.82, 2.24) is 0 Å². The van der Waals surface area contributed by atoms with Crippen LogP contribution in [0, 0.1) is 17.1 Å². The van der Waals surface area contributed by atoms with Crippen LogP contribution in [0.4, 0.5) is 10.1 Å². The molecule has 20 heavy (non-hydrogen) atoms. The van der Waals surface area contributed by atoms with Crippen LogP contribution in [-0.2, 0) is 13.2 Å². The van der Waals surface area contributed by atoms with Gasteiger partial charge >= 0.3 is 0 Å². The first-order valence-corrected chi connectivity index (χ1v) is 6.24. The van der Waals surface area contributed by atoms with E-state index in [1.165, 1.54) is 6.07 Å². The maximum Gasteiger partial charge on any atom is 0.130 e. The molecule has 3 nitrogen and oxygen atoms in total. The summed E-state index contributed by atoms with van der Waals surface area (Å²) in [4.78, 5) is 1.85. The number of anilines is 1. The fraction of sp³-hybridized carbons (Fsp3) is 0.188. The molecule has 0 saturated heterocycles. The predicted molar refractivity (Wildman–Crippen MR) is 75.6 cm³/mol. The minimum absolute atomic E-state index is 0.284. The van der Waals surface area contributed by atoms with Gasteiger partial charge in [0, 0.05) is 24.8 Å². The molecule has 0 aliphatic heterocycles. The van der Waals surface area contributed by atoms with E-state index >= 15 is 0 Å². The minimum Gasteiger partial charge on any atom is -0.391 e. The van der Waals surface area contributed by atoms with Gasteiger partial charge in [0.2, 0.25) is 0 Å². The number of halogens is 1. The van der Waals surface area contributed by atoms with Crippen LogP contribution in [0.25, 0.3) is 0 Å². The van der Waals surface area contributed by atoms with Gasteiger partial charge in [-0.2, -0.15) is 5.26 Å². The fourth-order valence-corrected chi connectivity index (χ4v) is 2.16. The molecular formula is C16H15FN2O. The van der Waals surface area contributed by atoms with Gasteiger partial charge in [-0.1, -0.05) is 18.2 Å². The van der Waals surface area contributed by atoms with Gasteiger partial charge in [-0.15, -0.1) is 0 Å². The molecule has 0 bridgehead atoms. The second-order valence-electron chi connectivity index (χ2n) is 4.56. The molecule has 0 unspecified atom stereocenters. The first-order chi connectivity index (χ1) is 9.65. The zero-order valence-electron chi connectivity index (χ0n) is 11.2. The lowest BCUT2D eigenvalue weighted by molar-refractivity contribution is 0.276. The fourth-order valence-electron chi connectivity index (χ4n) is 2.16. The van der Waals surface area contributed by atoms with Gasteiger partial charge in [0.05, 0.1) is 18.2 Å². The van der Waals surface area contributed by atoms with Crippen LogP contribution in [0.3, 0.4) is 0 Å². The normalized spacial score (nSPS) is 10.1. The molecule has 102 valence electrons. The Morgan fingerprint density at radius 3 is 2.70 bits per heavy atom. The van der Waals surface area contributed by atoms with Crippen LogP contribution in [-0.4, -0.2) is 12.2 Å². The zero-order valence-corrected chi connectivity index (χ0v) is 11.2. The average Bonchev–Trinajstić information content (AvgIpc) is 2.47. The summed E-state index contributed by atoms with van der Waals surface area (Å²) in [7, 11) is 1.83. The van der Waals surface area contributed by atoms with Crippen molar-refractivity contribution in [3.05, 3.63) is 65.0 Å². The number of nitrogens with zero attached hydrogens (tertiary/aromatic N) is 2. The summed E-state index contributed by atoms with van der Waals surface area (Å²) in [6.07, 6.45) is 0. The molecule has 0 heterocycles. The van der Waals surface area contributed by atoms with E-state index in [-0.39, 0.29) is 12.2 Å². The number of hydrogen-bond donors (Lipinski definition) is 1. The number of benzene rings is 2. The monoisotopic (exact) mass is 270 g/mol. The molecule has 0 amide bonds. The van der Waals surface area contributed by atoms with Crippen molar-refractivity contribution < 1.29 is 9.50 Å². The number of rotatable bonds is 4. The highest BCUT2D eigenvalue weighted by molar-refractivity contribution is 5.54. The molecule has 4 heteroatoms. The molecule has 0 aliphatic carbocycles. The van der Waals surface area contributed by atoms with E-state index in [0.717, 1.165) is 5.56 Å². The Morgan fingerprint density at radius 1 is 1.25 bits per heavy atom. The van der Waals surface area contributed by atoms with E-state index in [9.17, 15) is 9.50 Å². The van der Waals surface area contributed by atoms with Crippen molar-refractivity contribution in [3.8, 4) is 6.07 Å². The first-order valence-electron chi connectivity index (χ1n) is 6.24. The number of nitriles is 1. The minimum atomic E-state index is -0.414. The van der Waals surface area contributed by atoms with Gasteiger partial charge in [-0.25, -0.2) is 4.39 Å². The van der Waals surface area contributed by atoms with Crippen molar-refractivity contribution in [2.45, 2.75) is 13.2 Å². The van der Waals surface area contributed by atoms with Crippen LogP contribution in [0.5, 0.6) is 0 Å². The molecular weight excluding hydrogens is 255 g/mol. The number of hydrogen-bond acceptors (Lipinski definition) is 3. The highest BCUT2D eigenvalue weighted by Gasteiger charge is 2.11. The van der Waals surface area contributed by atoms with E-state index in [1.54, 1.807) is 24.3 Å². The molecule has 0 spiro atoms. The maximum atomic E-state index is 13.6. The summed E-state index contributed by atoms with van der Waals surface area (Å²) < 4.78 is 13.6. The Kier molecular flexibility index (Phi) is 4.34. The van der Waals surface area contributed by atoms with E-state index in [0.29, 0.717) is 17.8 Å². The standard InChI is InChI=1S/C16H15FN2O/c1-19(10-13-5-2-4-12(8-13)9-18)16-7-3-6-15(17)14(16)11-20/h2-8,20H,10-11H2,1H3. The number of aliphatic hydroxyl groups is 1. The van der Waals surface area contributed by atoms with Crippen molar-refractivity contribution >= 4 is 5.69 Å². The van der Waals surface area contributed by atoms with Crippen molar-refractivity contribution in [1.29, 1.82) is 5.26 Å². The largest absolute Gasteiger partial charge is 0.391 e. The van der Waals surface area contributed by atoms with Gasteiger partial charge in [0.1, 0.15) is 5.82 Å². The topological polar surface area (TPSA) is 47.3 Å². The molecule has 2 aromatic rings. The molecule has 0 aromatic heterocycles. The lowest BCUT2D eigenvalue weighted by Crippen LogP contribution is -2.18. The Bertz CT molecular complexity index is 649. The summed E-state index contributed by atoms with van der Waals surface area (Å²) in [5.41, 5.74) is 2.48. The van der Waals surface area contributed by atoms with Gasteiger partial charge < -0.3 is 10.0 Å². The molecule has 0 saturated carbocycles.